The van der Waals surface area contributed by atoms with E-state index in [0.717, 1.165) is 0 Å². The maximum absolute atomic E-state index is 10.7. The van der Waals surface area contributed by atoms with E-state index in [1.165, 1.54) is 48.5 Å². The number of para-hydroxylation sites is 2. The fraction of sp³-hybridized carbons (Fsp3) is 0. The molecule has 0 aliphatic heterocycles. The molecule has 2 aromatic carbocycles. The van der Waals surface area contributed by atoms with Crippen LogP contribution < -0.4 is 10.2 Å². The first-order valence-electron chi connectivity index (χ1n) is 5.42. The summed E-state index contributed by atoms with van der Waals surface area (Å²) in [7, 11) is 0. The summed E-state index contributed by atoms with van der Waals surface area (Å²) in [6.45, 7) is 0. The first kappa shape index (κ1) is 18.5. The van der Waals surface area contributed by atoms with E-state index in [1.54, 1.807) is 0 Å². The molecule has 0 aromatic heterocycles. The molecule has 0 unspecified atom stereocenters. The predicted molar refractivity (Wildman–Crippen MR) is 65.7 cm³/mol. The van der Waals surface area contributed by atoms with E-state index in [9.17, 15) is 19.8 Å². The Balaban J connectivity index is 0.000000364. The Morgan fingerprint density at radius 1 is 0.714 bits per heavy atom. The number of hydrogen-bond acceptors (Lipinski definition) is 4. The van der Waals surface area contributed by atoms with Crippen LogP contribution >= 0.6 is 0 Å². The molecule has 0 saturated carbocycles. The Morgan fingerprint density at radius 3 is 1.19 bits per heavy atom. The maximum atomic E-state index is 10.7. The molecule has 0 aliphatic carbocycles. The smallest absolute Gasteiger partial charge is 0.872 e. The van der Waals surface area contributed by atoms with Crippen LogP contribution in [0.25, 0.3) is 0 Å². The van der Waals surface area contributed by atoms with Crippen LogP contribution in [-0.4, -0.2) is 22.2 Å². The van der Waals surface area contributed by atoms with Gasteiger partial charge >= 0.3 is 29.0 Å². The minimum absolute atomic E-state index is 0. The first-order valence-corrected chi connectivity index (χ1v) is 5.42. The summed E-state index contributed by atoms with van der Waals surface area (Å²) in [4.78, 5) is 20.4. The maximum Gasteiger partial charge on any atom is 2.00 e. The molecule has 21 heavy (non-hydrogen) atoms. The fourth-order valence-corrected chi connectivity index (χ4v) is 1.29. The van der Waals surface area contributed by atoms with Crippen molar-refractivity contribution in [1.82, 2.24) is 0 Å². The molecular formula is C14H10MnO6. The largest absolute Gasteiger partial charge is 2.00 e. The SMILES string of the molecule is O=C(O)c1ccccc1[O-].O=C(O)c1ccccc1[O-].[Mn+2]. The summed E-state index contributed by atoms with van der Waals surface area (Å²) in [6, 6.07) is 11.1. The minimum Gasteiger partial charge on any atom is -0.872 e. The molecule has 0 spiro atoms. The molecule has 109 valence electrons. The van der Waals surface area contributed by atoms with E-state index < -0.39 is 23.4 Å². The van der Waals surface area contributed by atoms with E-state index >= 15 is 0 Å². The van der Waals surface area contributed by atoms with Crippen molar-refractivity contribution in [3.8, 4) is 11.5 Å². The second-order valence-corrected chi connectivity index (χ2v) is 3.60. The molecule has 2 N–H and O–H groups in total. The van der Waals surface area contributed by atoms with Crippen molar-refractivity contribution in [2.24, 2.45) is 0 Å². The summed E-state index contributed by atoms with van der Waals surface area (Å²) in [5.41, 5.74) is -0.356. The normalized spacial score (nSPS) is 8.76. The molecule has 7 heteroatoms. The Kier molecular flexibility index (Phi) is 7.60. The number of rotatable bonds is 2. The van der Waals surface area contributed by atoms with Crippen molar-refractivity contribution in [2.75, 3.05) is 0 Å². The second kappa shape index (κ2) is 8.63. The molecule has 2 rings (SSSR count). The van der Waals surface area contributed by atoms with Gasteiger partial charge in [0.1, 0.15) is 0 Å². The van der Waals surface area contributed by atoms with E-state index in [1.807, 2.05) is 0 Å². The third-order valence-corrected chi connectivity index (χ3v) is 2.23. The Morgan fingerprint density at radius 2 is 1.00 bits per heavy atom. The van der Waals surface area contributed by atoms with Crippen LogP contribution in [-0.2, 0) is 17.1 Å². The third-order valence-electron chi connectivity index (χ3n) is 2.23. The third kappa shape index (κ3) is 5.56. The summed E-state index contributed by atoms with van der Waals surface area (Å²) in [5, 5.41) is 38.1. The van der Waals surface area contributed by atoms with Crippen molar-refractivity contribution in [3.63, 3.8) is 0 Å². The zero-order valence-corrected chi connectivity index (χ0v) is 11.7. The van der Waals surface area contributed by atoms with Gasteiger partial charge in [0.25, 0.3) is 0 Å². The Hall–Kier alpha value is -2.50. The van der Waals surface area contributed by atoms with Gasteiger partial charge in [-0.25, -0.2) is 9.59 Å². The average molecular weight is 329 g/mol. The van der Waals surface area contributed by atoms with Gasteiger partial charge in [-0.15, -0.1) is 0 Å². The van der Waals surface area contributed by atoms with Crippen LogP contribution in [0.3, 0.4) is 0 Å². The van der Waals surface area contributed by atoms with E-state index in [2.05, 4.69) is 0 Å². The molecule has 6 nitrogen and oxygen atoms in total. The van der Waals surface area contributed by atoms with Gasteiger partial charge in [-0.1, -0.05) is 47.9 Å². The first-order chi connectivity index (χ1) is 9.43. The zero-order valence-electron chi connectivity index (χ0n) is 10.5. The predicted octanol–water partition coefficient (Wildman–Crippen LogP) is 0.914. The molecule has 0 bridgehead atoms. The van der Waals surface area contributed by atoms with Crippen LogP contribution in [0.4, 0.5) is 0 Å². The van der Waals surface area contributed by atoms with Crippen LogP contribution in [0.15, 0.2) is 48.5 Å². The van der Waals surface area contributed by atoms with E-state index in [0.29, 0.717) is 0 Å². The Bertz CT molecular complexity index is 571. The minimum atomic E-state index is -1.18. The summed E-state index contributed by atoms with van der Waals surface area (Å²) >= 11 is 0. The van der Waals surface area contributed by atoms with Crippen LogP contribution in [0.2, 0.25) is 0 Å². The van der Waals surface area contributed by atoms with E-state index in [-0.39, 0.29) is 28.2 Å². The second-order valence-electron chi connectivity index (χ2n) is 3.60. The van der Waals surface area contributed by atoms with Gasteiger partial charge in [-0.3, -0.25) is 0 Å². The fourth-order valence-electron chi connectivity index (χ4n) is 1.29. The van der Waals surface area contributed by atoms with Crippen LogP contribution in [0.1, 0.15) is 20.7 Å². The number of benzene rings is 2. The number of carbonyl (C=O) groups is 2. The number of hydrogen-bond donors (Lipinski definition) is 2. The standard InChI is InChI=1S/2C7H6O3.Mn/c2*8-6-4-2-1-3-5(6)7(9)10;/h2*1-4,8H,(H,9,10);/q;;+2/p-2. The zero-order chi connectivity index (χ0) is 15.1. The van der Waals surface area contributed by atoms with Crippen molar-refractivity contribution < 1.29 is 47.1 Å². The molecule has 1 radical (unpaired) electrons. The molecule has 2 aromatic rings. The number of aromatic carboxylic acids is 2. The van der Waals surface area contributed by atoms with Crippen molar-refractivity contribution in [1.29, 1.82) is 0 Å². The van der Waals surface area contributed by atoms with Gasteiger partial charge in [0, 0.05) is 0 Å². The molecule has 0 heterocycles. The molecule has 0 amide bonds. The van der Waals surface area contributed by atoms with Gasteiger partial charge in [-0.05, 0) is 12.1 Å². The summed E-state index contributed by atoms with van der Waals surface area (Å²) in [5.74, 6) is -3.25. The van der Waals surface area contributed by atoms with Gasteiger partial charge in [0.2, 0.25) is 0 Å². The summed E-state index contributed by atoms with van der Waals surface area (Å²) in [6.07, 6.45) is 0. The van der Waals surface area contributed by atoms with Gasteiger partial charge < -0.3 is 20.4 Å². The number of carboxylic acid groups (broad SMARTS) is 2. The van der Waals surface area contributed by atoms with Gasteiger partial charge in [-0.2, -0.15) is 0 Å². The molecule has 0 atom stereocenters. The van der Waals surface area contributed by atoms with Crippen molar-refractivity contribution in [3.05, 3.63) is 59.7 Å². The average Bonchev–Trinajstić information content (AvgIpc) is 2.40. The van der Waals surface area contributed by atoms with Crippen LogP contribution in [0, 0.1) is 0 Å². The quantitative estimate of drug-likeness (QED) is 0.790. The Labute approximate surface area is 130 Å². The monoisotopic (exact) mass is 329 g/mol. The van der Waals surface area contributed by atoms with Crippen LogP contribution in [0.5, 0.6) is 11.5 Å². The topological polar surface area (TPSA) is 121 Å². The van der Waals surface area contributed by atoms with Gasteiger partial charge in [0.15, 0.2) is 0 Å². The molecule has 0 saturated heterocycles. The number of carboxylic acids is 2. The molecule has 0 aliphatic rings. The van der Waals surface area contributed by atoms with Gasteiger partial charge in [0.05, 0.1) is 11.1 Å². The van der Waals surface area contributed by atoms with Crippen molar-refractivity contribution >= 4 is 11.9 Å². The van der Waals surface area contributed by atoms with E-state index in [4.69, 9.17) is 10.2 Å². The molecule has 0 fully saturated rings. The van der Waals surface area contributed by atoms with Crippen molar-refractivity contribution in [2.45, 2.75) is 0 Å². The molecular weight excluding hydrogens is 319 g/mol. The summed E-state index contributed by atoms with van der Waals surface area (Å²) < 4.78 is 0.